The summed E-state index contributed by atoms with van der Waals surface area (Å²) in [6.45, 7) is 0. The molecule has 0 fully saturated rings. The number of aliphatic hydroxyl groups is 1. The third kappa shape index (κ3) is 7.45. The molecule has 0 aromatic heterocycles. The van der Waals surface area contributed by atoms with Gasteiger partial charge in [-0.3, -0.25) is 0 Å². The highest BCUT2D eigenvalue weighted by atomic mass is 16.3. The summed E-state index contributed by atoms with van der Waals surface area (Å²) in [7, 11) is 0. The number of hydrogen-bond acceptors (Lipinski definition) is 1. The Kier molecular flexibility index (Phi) is 8.63. The van der Waals surface area contributed by atoms with Gasteiger partial charge in [0.05, 0.1) is 6.10 Å². The largest absolute Gasteiger partial charge is 0.393 e. The van der Waals surface area contributed by atoms with Crippen molar-refractivity contribution in [2.45, 2.75) is 96.0 Å². The molecule has 0 saturated heterocycles. The summed E-state index contributed by atoms with van der Waals surface area (Å²) in [6.07, 6.45) is 17.3. The van der Waals surface area contributed by atoms with Gasteiger partial charge in [-0.05, 0) is 49.7 Å². The molecule has 1 aromatic rings. The van der Waals surface area contributed by atoms with E-state index in [2.05, 4.69) is 24.3 Å². The Hall–Kier alpha value is -0.820. The van der Waals surface area contributed by atoms with Crippen LogP contribution in [0.4, 0.5) is 0 Å². The SMILES string of the molecule is OC1CCCCCCCc2ccc(cc2)CCCCCCC1. The summed E-state index contributed by atoms with van der Waals surface area (Å²) in [6, 6.07) is 9.33. The van der Waals surface area contributed by atoms with Crippen LogP contribution in [0, 0.1) is 0 Å². The summed E-state index contributed by atoms with van der Waals surface area (Å²) < 4.78 is 0. The van der Waals surface area contributed by atoms with Gasteiger partial charge in [0.25, 0.3) is 0 Å². The first kappa shape index (κ1) is 17.5. The third-order valence-electron chi connectivity index (χ3n) is 5.03. The van der Waals surface area contributed by atoms with E-state index in [9.17, 15) is 5.11 Å². The van der Waals surface area contributed by atoms with E-state index in [0.29, 0.717) is 0 Å². The van der Waals surface area contributed by atoms with E-state index < -0.39 is 0 Å². The molecule has 1 heteroatoms. The number of hydrogen-bond donors (Lipinski definition) is 1. The highest BCUT2D eigenvalue weighted by Gasteiger charge is 2.04. The van der Waals surface area contributed by atoms with Crippen LogP contribution >= 0.6 is 0 Å². The molecule has 1 N–H and O–H groups in total. The van der Waals surface area contributed by atoms with Crippen LogP contribution in [0.3, 0.4) is 0 Å². The Balaban J connectivity index is 1.77. The summed E-state index contributed by atoms with van der Waals surface area (Å²) in [5.74, 6) is 0. The van der Waals surface area contributed by atoms with Crippen LogP contribution in [0.15, 0.2) is 24.3 Å². The molecule has 2 aliphatic carbocycles. The quantitative estimate of drug-likeness (QED) is 0.639. The van der Waals surface area contributed by atoms with E-state index in [4.69, 9.17) is 0 Å². The fourth-order valence-corrected chi connectivity index (χ4v) is 3.50. The van der Waals surface area contributed by atoms with Crippen molar-refractivity contribution in [1.82, 2.24) is 0 Å². The van der Waals surface area contributed by atoms with Gasteiger partial charge in [0.15, 0.2) is 0 Å². The third-order valence-corrected chi connectivity index (χ3v) is 5.03. The van der Waals surface area contributed by atoms with Gasteiger partial charge in [0.2, 0.25) is 0 Å². The smallest absolute Gasteiger partial charge is 0.0540 e. The topological polar surface area (TPSA) is 20.2 Å². The van der Waals surface area contributed by atoms with Gasteiger partial charge < -0.3 is 5.11 Å². The number of rotatable bonds is 0. The first-order valence-corrected chi connectivity index (χ1v) is 9.60. The Labute approximate surface area is 137 Å². The van der Waals surface area contributed by atoms with Crippen LogP contribution in [-0.2, 0) is 12.8 Å². The van der Waals surface area contributed by atoms with Gasteiger partial charge in [-0.1, -0.05) is 75.6 Å². The molecule has 0 aliphatic heterocycles. The zero-order valence-corrected chi connectivity index (χ0v) is 14.2. The number of aryl methyl sites for hydroxylation is 2. The number of benzene rings is 1. The molecule has 1 nitrogen and oxygen atoms in total. The fraction of sp³-hybridized carbons (Fsp3) is 0.714. The van der Waals surface area contributed by atoms with Crippen molar-refractivity contribution in [2.24, 2.45) is 0 Å². The maximum atomic E-state index is 9.99. The van der Waals surface area contributed by atoms with Crippen molar-refractivity contribution < 1.29 is 5.11 Å². The van der Waals surface area contributed by atoms with Crippen molar-refractivity contribution in [1.29, 1.82) is 0 Å². The van der Waals surface area contributed by atoms with Gasteiger partial charge in [0.1, 0.15) is 0 Å². The first-order chi connectivity index (χ1) is 10.8. The zero-order chi connectivity index (χ0) is 15.5. The van der Waals surface area contributed by atoms with Crippen LogP contribution in [0.5, 0.6) is 0 Å². The number of aliphatic hydroxyl groups excluding tert-OH is 1. The monoisotopic (exact) mass is 302 g/mol. The zero-order valence-electron chi connectivity index (χ0n) is 14.2. The summed E-state index contributed by atoms with van der Waals surface area (Å²) in [4.78, 5) is 0. The van der Waals surface area contributed by atoms with Gasteiger partial charge in [-0.15, -0.1) is 0 Å². The predicted molar refractivity (Wildman–Crippen MR) is 95.3 cm³/mol. The van der Waals surface area contributed by atoms with Crippen LogP contribution in [0.25, 0.3) is 0 Å². The van der Waals surface area contributed by atoms with E-state index in [1.54, 1.807) is 0 Å². The highest BCUT2D eigenvalue weighted by Crippen LogP contribution is 2.16. The molecular formula is C21H34O. The maximum absolute atomic E-state index is 9.99. The minimum Gasteiger partial charge on any atom is -0.393 e. The lowest BCUT2D eigenvalue weighted by molar-refractivity contribution is 0.147. The molecule has 1 aromatic carbocycles. The molecule has 0 unspecified atom stereocenters. The van der Waals surface area contributed by atoms with E-state index in [0.717, 1.165) is 12.8 Å². The molecule has 2 aliphatic rings. The summed E-state index contributed by atoms with van der Waals surface area (Å²) in [5, 5.41) is 9.99. The fourth-order valence-electron chi connectivity index (χ4n) is 3.50. The molecule has 0 spiro atoms. The number of fused-ring (bicyclic) bond motifs is 16. The van der Waals surface area contributed by atoms with Crippen molar-refractivity contribution in [3.63, 3.8) is 0 Å². The van der Waals surface area contributed by atoms with E-state index >= 15 is 0 Å². The minimum atomic E-state index is -0.0440. The molecule has 22 heavy (non-hydrogen) atoms. The van der Waals surface area contributed by atoms with Gasteiger partial charge in [-0.2, -0.15) is 0 Å². The highest BCUT2D eigenvalue weighted by molar-refractivity contribution is 5.22. The first-order valence-electron chi connectivity index (χ1n) is 9.60. The molecule has 0 atom stereocenters. The lowest BCUT2D eigenvalue weighted by Crippen LogP contribution is -2.05. The molecular weight excluding hydrogens is 268 g/mol. The van der Waals surface area contributed by atoms with E-state index in [-0.39, 0.29) is 6.10 Å². The van der Waals surface area contributed by atoms with Crippen molar-refractivity contribution in [3.8, 4) is 0 Å². The van der Waals surface area contributed by atoms with Crippen molar-refractivity contribution >= 4 is 0 Å². The van der Waals surface area contributed by atoms with Gasteiger partial charge in [-0.25, -0.2) is 0 Å². The standard InChI is InChI=1S/C21H34O/c22-21-13-9-5-1-3-7-11-19-15-17-20(18-16-19)12-8-4-2-6-10-14-21/h15-18,21-22H,1-14H2. The molecule has 0 amide bonds. The molecule has 0 radical (unpaired) electrons. The summed E-state index contributed by atoms with van der Waals surface area (Å²) in [5.41, 5.74) is 2.99. The lowest BCUT2D eigenvalue weighted by Gasteiger charge is -2.10. The Morgan fingerprint density at radius 2 is 0.909 bits per heavy atom. The van der Waals surface area contributed by atoms with E-state index in [1.807, 2.05) is 0 Å². The van der Waals surface area contributed by atoms with Crippen LogP contribution < -0.4 is 0 Å². The average molecular weight is 303 g/mol. The van der Waals surface area contributed by atoms with Gasteiger partial charge in [0, 0.05) is 0 Å². The second kappa shape index (κ2) is 10.8. The van der Waals surface area contributed by atoms with Crippen LogP contribution in [0.1, 0.15) is 88.2 Å². The molecule has 124 valence electrons. The van der Waals surface area contributed by atoms with Crippen molar-refractivity contribution in [3.05, 3.63) is 35.4 Å². The molecule has 0 saturated carbocycles. The van der Waals surface area contributed by atoms with E-state index in [1.165, 1.54) is 88.2 Å². The second-order valence-corrected chi connectivity index (χ2v) is 7.08. The maximum Gasteiger partial charge on any atom is 0.0540 e. The predicted octanol–water partition coefficient (Wildman–Crippen LogP) is 5.83. The normalized spacial score (nSPS) is 21.0. The Morgan fingerprint density at radius 3 is 1.36 bits per heavy atom. The summed E-state index contributed by atoms with van der Waals surface area (Å²) >= 11 is 0. The van der Waals surface area contributed by atoms with Crippen LogP contribution in [0.2, 0.25) is 0 Å². The van der Waals surface area contributed by atoms with Crippen molar-refractivity contribution in [2.75, 3.05) is 0 Å². The average Bonchev–Trinajstić information content (AvgIpc) is 2.54. The molecule has 3 rings (SSSR count). The molecule has 2 bridgehead atoms. The Morgan fingerprint density at radius 1 is 0.545 bits per heavy atom. The lowest BCUT2D eigenvalue weighted by atomic mass is 10.0. The van der Waals surface area contributed by atoms with Crippen LogP contribution in [-0.4, -0.2) is 11.2 Å². The minimum absolute atomic E-state index is 0.0440. The second-order valence-electron chi connectivity index (χ2n) is 7.08. The molecule has 0 heterocycles. The Bertz CT molecular complexity index is 344. The van der Waals surface area contributed by atoms with Gasteiger partial charge >= 0.3 is 0 Å².